The van der Waals surface area contributed by atoms with Crippen molar-refractivity contribution in [2.24, 2.45) is 0 Å². The minimum Gasteiger partial charge on any atom is -0.479 e. The topological polar surface area (TPSA) is 91.7 Å². The van der Waals surface area contributed by atoms with Gasteiger partial charge in [0.15, 0.2) is 5.60 Å². The zero-order valence-electron chi connectivity index (χ0n) is 5.10. The molecule has 0 spiro atoms. The van der Waals surface area contributed by atoms with Crippen LogP contribution in [0.15, 0.2) is 0 Å². The number of rotatable bonds is 2. The number of aliphatic carboxylic acids is 1. The smallest absolute Gasteiger partial charge is 0.340 e. The summed E-state index contributed by atoms with van der Waals surface area (Å²) in [4.78, 5) is 10.0. The molecule has 0 aromatic heterocycles. The quantitative estimate of drug-likeness (QED) is 0.487. The van der Waals surface area contributed by atoms with Crippen molar-refractivity contribution in [1.29, 1.82) is 0 Å². The van der Waals surface area contributed by atoms with Gasteiger partial charge in [-0.05, 0) is 6.92 Å². The van der Waals surface area contributed by atoms with E-state index in [4.69, 9.17) is 10.2 Å². The van der Waals surface area contributed by atoms with Crippen LogP contribution in [0, 0.1) is 0 Å². The average molecular weight is 166 g/mol. The lowest BCUT2D eigenvalue weighted by Gasteiger charge is -2.07. The third-order valence-electron chi connectivity index (χ3n) is 0.759. The second-order valence-corrected chi connectivity index (χ2v) is 2.59. The van der Waals surface area contributed by atoms with Gasteiger partial charge < -0.3 is 10.2 Å². The molecule has 6 heteroatoms. The molecule has 0 bridgehead atoms. The molecular formula is C4H6O5S. The molecule has 0 aliphatic carbocycles. The van der Waals surface area contributed by atoms with Crippen LogP contribution < -0.4 is 0 Å². The number of hydrogen-bond donors (Lipinski definition) is 2. The Kier molecular flexibility index (Phi) is 2.56. The van der Waals surface area contributed by atoms with E-state index in [9.17, 15) is 13.2 Å². The van der Waals surface area contributed by atoms with Crippen LogP contribution in [0.2, 0.25) is 0 Å². The number of carbonyl (C=O) groups is 1. The molecule has 58 valence electrons. The molecule has 0 rings (SSSR count). The summed E-state index contributed by atoms with van der Waals surface area (Å²) in [7, 11) is -2.66. The normalized spacial score (nSPS) is 15.4. The van der Waals surface area contributed by atoms with Crippen LogP contribution in [0.5, 0.6) is 0 Å². The number of carboxylic acid groups (broad SMARTS) is 1. The second kappa shape index (κ2) is 2.80. The fourth-order valence-electron chi connectivity index (χ4n) is 0.238. The summed E-state index contributed by atoms with van der Waals surface area (Å²) >= 11 is 0. The summed E-state index contributed by atoms with van der Waals surface area (Å²) < 4.78 is 19.7. The lowest BCUT2D eigenvalue weighted by Crippen LogP contribution is -2.36. The van der Waals surface area contributed by atoms with Gasteiger partial charge in [-0.25, -0.2) is 4.79 Å². The zero-order chi connectivity index (χ0) is 8.36. The summed E-state index contributed by atoms with van der Waals surface area (Å²) in [6, 6.07) is 0. The molecule has 0 aromatic rings. The highest BCUT2D eigenvalue weighted by Crippen LogP contribution is 1.96. The summed E-state index contributed by atoms with van der Waals surface area (Å²) in [5, 5.41) is 17.2. The SMILES string of the molecule is CC(O)(C=S(=O)=O)C(=O)O. The standard InChI is InChI=1S/C4H6O5S/c1-4(7,3(5)6)2-10(8)9/h2,7H,1H3,(H,5,6). The van der Waals surface area contributed by atoms with Gasteiger partial charge >= 0.3 is 5.97 Å². The first-order chi connectivity index (χ1) is 4.36. The van der Waals surface area contributed by atoms with Crippen LogP contribution in [0.3, 0.4) is 0 Å². The van der Waals surface area contributed by atoms with Crippen molar-refractivity contribution < 1.29 is 23.4 Å². The molecule has 0 radical (unpaired) electrons. The molecule has 0 saturated heterocycles. The van der Waals surface area contributed by atoms with Gasteiger partial charge in [0.25, 0.3) is 0 Å². The molecule has 1 atom stereocenters. The van der Waals surface area contributed by atoms with Crippen molar-refractivity contribution >= 4 is 21.6 Å². The van der Waals surface area contributed by atoms with E-state index in [1.807, 2.05) is 0 Å². The van der Waals surface area contributed by atoms with Crippen molar-refractivity contribution in [2.75, 3.05) is 0 Å². The predicted octanol–water partition coefficient (Wildman–Crippen LogP) is -1.50. The molecule has 0 aliphatic rings. The fourth-order valence-corrected chi connectivity index (χ4v) is 0.713. The lowest BCUT2D eigenvalue weighted by molar-refractivity contribution is -0.149. The van der Waals surface area contributed by atoms with Crippen LogP contribution >= 0.6 is 0 Å². The molecule has 0 heterocycles. The number of carboxylic acids is 1. The molecule has 5 nitrogen and oxygen atoms in total. The maximum atomic E-state index is 10.0. The summed E-state index contributed by atoms with van der Waals surface area (Å²) in [5.74, 6) is -1.60. The molecule has 0 amide bonds. The van der Waals surface area contributed by atoms with Crippen molar-refractivity contribution in [3.8, 4) is 0 Å². The third kappa shape index (κ3) is 2.60. The van der Waals surface area contributed by atoms with E-state index >= 15 is 0 Å². The van der Waals surface area contributed by atoms with E-state index in [1.165, 1.54) is 0 Å². The van der Waals surface area contributed by atoms with Crippen LogP contribution in [0.1, 0.15) is 6.92 Å². The van der Waals surface area contributed by atoms with Crippen LogP contribution in [-0.4, -0.2) is 35.6 Å². The maximum Gasteiger partial charge on any atom is 0.340 e. The van der Waals surface area contributed by atoms with E-state index in [2.05, 4.69) is 0 Å². The molecule has 0 aromatic carbocycles. The molecule has 10 heavy (non-hydrogen) atoms. The molecule has 0 fully saturated rings. The monoisotopic (exact) mass is 166 g/mol. The average Bonchev–Trinajstić information content (AvgIpc) is 1.60. The predicted molar refractivity (Wildman–Crippen MR) is 33.2 cm³/mol. The minimum absolute atomic E-state index is 0.301. The Bertz CT molecular complexity index is 251. The van der Waals surface area contributed by atoms with Crippen molar-refractivity contribution in [1.82, 2.24) is 0 Å². The van der Waals surface area contributed by atoms with E-state index in [-0.39, 0.29) is 0 Å². The Morgan fingerprint density at radius 2 is 2.00 bits per heavy atom. The lowest BCUT2D eigenvalue weighted by atomic mass is 10.1. The molecule has 2 N–H and O–H groups in total. The Morgan fingerprint density at radius 3 is 2.10 bits per heavy atom. The number of hydrogen-bond acceptors (Lipinski definition) is 4. The highest BCUT2D eigenvalue weighted by molar-refractivity contribution is 7.71. The largest absolute Gasteiger partial charge is 0.479 e. The third-order valence-corrected chi connectivity index (χ3v) is 1.41. The molecule has 1 unspecified atom stereocenters. The van der Waals surface area contributed by atoms with Crippen molar-refractivity contribution in [2.45, 2.75) is 12.5 Å². The number of aliphatic hydroxyl groups is 1. The maximum absolute atomic E-state index is 10.0. The summed E-state index contributed by atoms with van der Waals surface area (Å²) in [5.41, 5.74) is -2.30. The minimum atomic E-state index is -2.66. The molecular weight excluding hydrogens is 160 g/mol. The first-order valence-corrected chi connectivity index (χ1v) is 3.40. The Morgan fingerprint density at radius 1 is 1.60 bits per heavy atom. The molecule has 0 aliphatic heterocycles. The van der Waals surface area contributed by atoms with Gasteiger partial charge in [-0.2, -0.15) is 8.42 Å². The Hall–Kier alpha value is -0.880. The summed E-state index contributed by atoms with van der Waals surface area (Å²) in [6.45, 7) is 0.866. The fraction of sp³-hybridized carbons (Fsp3) is 0.500. The highest BCUT2D eigenvalue weighted by atomic mass is 32.2. The van der Waals surface area contributed by atoms with E-state index in [0.717, 1.165) is 6.92 Å². The van der Waals surface area contributed by atoms with Gasteiger partial charge in [0.1, 0.15) is 0 Å². The van der Waals surface area contributed by atoms with E-state index in [1.54, 1.807) is 0 Å². The highest BCUT2D eigenvalue weighted by Gasteiger charge is 2.27. The van der Waals surface area contributed by atoms with Gasteiger partial charge in [-0.1, -0.05) is 0 Å². The zero-order valence-corrected chi connectivity index (χ0v) is 5.92. The first-order valence-electron chi connectivity index (χ1n) is 2.26. The molecule has 0 saturated carbocycles. The first kappa shape index (κ1) is 9.12. The second-order valence-electron chi connectivity index (χ2n) is 1.83. The summed E-state index contributed by atoms with van der Waals surface area (Å²) in [6.07, 6.45) is 0. The van der Waals surface area contributed by atoms with E-state index < -0.39 is 21.9 Å². The Balaban J connectivity index is 4.77. The van der Waals surface area contributed by atoms with Gasteiger partial charge in [0, 0.05) is 0 Å². The Labute approximate surface area is 58.4 Å². The van der Waals surface area contributed by atoms with Crippen LogP contribution in [0.25, 0.3) is 0 Å². The van der Waals surface area contributed by atoms with Gasteiger partial charge in [-0.3, -0.25) is 0 Å². The van der Waals surface area contributed by atoms with Crippen molar-refractivity contribution in [3.63, 3.8) is 0 Å². The van der Waals surface area contributed by atoms with Crippen molar-refractivity contribution in [3.05, 3.63) is 0 Å². The van der Waals surface area contributed by atoms with Gasteiger partial charge in [-0.15, -0.1) is 0 Å². The van der Waals surface area contributed by atoms with Gasteiger partial charge in [0.05, 0.1) is 5.37 Å². The van der Waals surface area contributed by atoms with Crippen LogP contribution in [-0.2, 0) is 15.1 Å². The van der Waals surface area contributed by atoms with Crippen LogP contribution in [0.4, 0.5) is 0 Å². The van der Waals surface area contributed by atoms with Gasteiger partial charge in [0.2, 0.25) is 10.3 Å². The van der Waals surface area contributed by atoms with E-state index in [0.29, 0.717) is 5.37 Å².